The van der Waals surface area contributed by atoms with Crippen LogP contribution < -0.4 is 0 Å². The largest absolute Gasteiger partial charge is 0.456 e. The molecule has 0 saturated carbocycles. The number of hydrogen-bond donors (Lipinski definition) is 0. The standard InChI is InChI=1S/C60H42N4O/c1-60(2)50-23-13-12-21-44(50)45-29-25-42(36-51(45)60)40-27-31-53-48(34-40)47-33-39(26-30-52(47)64(53)43-19-10-5-11-20-43)41-28-32-54-49(35-41)56-46(22-14-24-55(56)65-54)59-62-57(37-15-6-3-7-16-37)61-58(63-59)38-17-8-4-9-18-38/h3-24,26-36,42H,25H2,1-2H3. The second-order valence-corrected chi connectivity index (χ2v) is 17.9. The molecule has 8 aromatic carbocycles. The minimum absolute atomic E-state index is 0.0346. The van der Waals surface area contributed by atoms with E-state index in [9.17, 15) is 0 Å². The van der Waals surface area contributed by atoms with Crippen LogP contribution in [0.4, 0.5) is 0 Å². The van der Waals surface area contributed by atoms with Gasteiger partial charge in [-0.2, -0.15) is 0 Å². The molecule has 1 atom stereocenters. The lowest BCUT2D eigenvalue weighted by molar-refractivity contribution is 0.648. The highest BCUT2D eigenvalue weighted by molar-refractivity contribution is 6.14. The summed E-state index contributed by atoms with van der Waals surface area (Å²) >= 11 is 0. The van der Waals surface area contributed by atoms with Gasteiger partial charge in [0.2, 0.25) is 0 Å². The Morgan fingerprint density at radius 2 is 1.11 bits per heavy atom. The second-order valence-electron chi connectivity index (χ2n) is 17.9. The number of furan rings is 1. The molecule has 0 spiro atoms. The number of hydrogen-bond acceptors (Lipinski definition) is 4. The summed E-state index contributed by atoms with van der Waals surface area (Å²) in [5.74, 6) is 2.14. The highest BCUT2D eigenvalue weighted by Crippen LogP contribution is 2.53. The molecule has 1 unspecified atom stereocenters. The Morgan fingerprint density at radius 3 is 1.85 bits per heavy atom. The number of allylic oxidation sites excluding steroid dienone is 4. The molecule has 5 nitrogen and oxygen atoms in total. The van der Waals surface area contributed by atoms with Gasteiger partial charge in [0, 0.05) is 55.3 Å². The first-order chi connectivity index (χ1) is 32.0. The first-order valence-corrected chi connectivity index (χ1v) is 22.5. The van der Waals surface area contributed by atoms with Gasteiger partial charge in [-0.3, -0.25) is 0 Å². The minimum atomic E-state index is -0.0346. The van der Waals surface area contributed by atoms with Crippen LogP contribution in [0.3, 0.4) is 0 Å². The molecule has 11 aromatic rings. The molecule has 13 rings (SSSR count). The molecular formula is C60H42N4O. The minimum Gasteiger partial charge on any atom is -0.456 e. The van der Waals surface area contributed by atoms with Crippen molar-refractivity contribution in [3.8, 4) is 51.0 Å². The van der Waals surface area contributed by atoms with Gasteiger partial charge in [-0.25, -0.2) is 15.0 Å². The first kappa shape index (κ1) is 37.4. The second kappa shape index (κ2) is 14.4. The van der Waals surface area contributed by atoms with E-state index in [4.69, 9.17) is 19.4 Å². The Kier molecular flexibility index (Phi) is 8.31. The monoisotopic (exact) mass is 834 g/mol. The zero-order chi connectivity index (χ0) is 43.2. The number of fused-ring (bicyclic) bond motifs is 9. The van der Waals surface area contributed by atoms with Crippen LogP contribution in [0.25, 0.3) is 100 Å². The summed E-state index contributed by atoms with van der Waals surface area (Å²) in [5, 5.41) is 4.47. The molecule has 0 fully saturated rings. The van der Waals surface area contributed by atoms with E-state index >= 15 is 0 Å². The van der Waals surface area contributed by atoms with Gasteiger partial charge in [0.1, 0.15) is 11.2 Å². The highest BCUT2D eigenvalue weighted by Gasteiger charge is 2.39. The average molecular weight is 835 g/mol. The maximum Gasteiger partial charge on any atom is 0.164 e. The van der Waals surface area contributed by atoms with Crippen molar-refractivity contribution >= 4 is 49.3 Å². The van der Waals surface area contributed by atoms with Gasteiger partial charge >= 0.3 is 0 Å². The van der Waals surface area contributed by atoms with E-state index in [1.165, 1.54) is 49.6 Å². The van der Waals surface area contributed by atoms with E-state index in [1.54, 1.807) is 0 Å². The van der Waals surface area contributed by atoms with E-state index in [-0.39, 0.29) is 11.3 Å². The van der Waals surface area contributed by atoms with Crippen molar-refractivity contribution < 1.29 is 4.42 Å². The van der Waals surface area contributed by atoms with Crippen LogP contribution >= 0.6 is 0 Å². The van der Waals surface area contributed by atoms with Crippen LogP contribution in [-0.2, 0) is 5.41 Å². The van der Waals surface area contributed by atoms with Crippen LogP contribution in [0.5, 0.6) is 0 Å². The van der Waals surface area contributed by atoms with Gasteiger partial charge < -0.3 is 8.98 Å². The van der Waals surface area contributed by atoms with Crippen molar-refractivity contribution in [3.05, 3.63) is 222 Å². The fourth-order valence-electron chi connectivity index (χ4n) is 10.6. The molecular weight excluding hydrogens is 793 g/mol. The maximum absolute atomic E-state index is 6.56. The Balaban J connectivity index is 0.957. The predicted molar refractivity (Wildman–Crippen MR) is 266 cm³/mol. The van der Waals surface area contributed by atoms with Crippen molar-refractivity contribution in [1.29, 1.82) is 0 Å². The molecule has 0 radical (unpaired) electrons. The van der Waals surface area contributed by atoms with Crippen LogP contribution in [-0.4, -0.2) is 19.5 Å². The number of nitrogens with zero attached hydrogens (tertiary/aromatic N) is 4. The van der Waals surface area contributed by atoms with E-state index in [1.807, 2.05) is 72.8 Å². The van der Waals surface area contributed by atoms with Crippen molar-refractivity contribution in [1.82, 2.24) is 19.5 Å². The zero-order valence-electron chi connectivity index (χ0n) is 36.0. The first-order valence-electron chi connectivity index (χ1n) is 22.5. The molecule has 2 aliphatic rings. The fourth-order valence-corrected chi connectivity index (χ4v) is 10.6. The summed E-state index contributed by atoms with van der Waals surface area (Å²) in [4.78, 5) is 15.2. The van der Waals surface area contributed by atoms with Crippen molar-refractivity contribution in [2.75, 3.05) is 0 Å². The third-order valence-corrected chi connectivity index (χ3v) is 13.8. The molecule has 0 saturated heterocycles. The summed E-state index contributed by atoms with van der Waals surface area (Å²) in [6, 6.07) is 66.6. The number of para-hydroxylation sites is 1. The van der Waals surface area contributed by atoms with Crippen LogP contribution in [0.15, 0.2) is 210 Å². The highest BCUT2D eigenvalue weighted by atomic mass is 16.3. The Labute approximate surface area is 376 Å². The van der Waals surface area contributed by atoms with Gasteiger partial charge in [-0.1, -0.05) is 159 Å². The third kappa shape index (κ3) is 5.96. The van der Waals surface area contributed by atoms with E-state index in [2.05, 4.69) is 146 Å². The predicted octanol–water partition coefficient (Wildman–Crippen LogP) is 15.3. The molecule has 3 heterocycles. The summed E-state index contributed by atoms with van der Waals surface area (Å²) in [6.07, 6.45) is 6.01. The van der Waals surface area contributed by atoms with Gasteiger partial charge in [-0.15, -0.1) is 0 Å². The summed E-state index contributed by atoms with van der Waals surface area (Å²) < 4.78 is 8.97. The third-order valence-electron chi connectivity index (χ3n) is 13.8. The lowest BCUT2D eigenvalue weighted by Crippen LogP contribution is -2.17. The topological polar surface area (TPSA) is 56.7 Å². The molecule has 308 valence electrons. The molecule has 0 N–H and O–H groups in total. The van der Waals surface area contributed by atoms with Gasteiger partial charge in [0.15, 0.2) is 17.5 Å². The van der Waals surface area contributed by atoms with E-state index < -0.39 is 0 Å². The fraction of sp³-hybridized carbons (Fsp3) is 0.0833. The Morgan fingerprint density at radius 1 is 0.508 bits per heavy atom. The number of aromatic nitrogens is 4. The van der Waals surface area contributed by atoms with Crippen LogP contribution in [0.2, 0.25) is 0 Å². The van der Waals surface area contributed by atoms with E-state index in [0.717, 1.165) is 61.9 Å². The van der Waals surface area contributed by atoms with Crippen molar-refractivity contribution in [2.45, 2.75) is 31.6 Å². The van der Waals surface area contributed by atoms with Crippen LogP contribution in [0, 0.1) is 0 Å². The lowest BCUT2D eigenvalue weighted by Gasteiger charge is -2.27. The molecule has 0 aliphatic heterocycles. The molecule has 2 aliphatic carbocycles. The van der Waals surface area contributed by atoms with Crippen LogP contribution in [0.1, 0.15) is 42.9 Å². The molecule has 0 amide bonds. The van der Waals surface area contributed by atoms with E-state index in [0.29, 0.717) is 17.5 Å². The van der Waals surface area contributed by atoms with Crippen molar-refractivity contribution in [3.63, 3.8) is 0 Å². The van der Waals surface area contributed by atoms with Crippen molar-refractivity contribution in [2.24, 2.45) is 0 Å². The quantitative estimate of drug-likeness (QED) is 0.167. The lowest BCUT2D eigenvalue weighted by atomic mass is 9.77. The average Bonchev–Trinajstić information content (AvgIpc) is 3.99. The number of benzene rings is 8. The summed E-state index contributed by atoms with van der Waals surface area (Å²) in [7, 11) is 0. The zero-order valence-corrected chi connectivity index (χ0v) is 36.0. The van der Waals surface area contributed by atoms with Gasteiger partial charge in [0.05, 0.1) is 11.0 Å². The Hall–Kier alpha value is -8.15. The van der Waals surface area contributed by atoms with Gasteiger partial charge in [0.25, 0.3) is 0 Å². The maximum atomic E-state index is 6.56. The molecule has 5 heteroatoms. The van der Waals surface area contributed by atoms with Gasteiger partial charge in [-0.05, 0) is 100.0 Å². The molecule has 3 aromatic heterocycles. The molecule has 0 bridgehead atoms. The normalized spacial score (nSPS) is 15.3. The Bertz CT molecular complexity index is 3710. The smallest absolute Gasteiger partial charge is 0.164 e. The number of rotatable bonds is 6. The summed E-state index contributed by atoms with van der Waals surface area (Å²) in [6.45, 7) is 4.75. The SMILES string of the molecule is CC1(C)C2=CC(c3ccc4c(c3)c3cc(-c5ccc6oc7cccc(-c8nc(-c9ccccc9)nc(-c9ccccc9)n8)c7c6c5)ccc3n4-c3ccccc3)CC=C2c2ccccc21. The molecule has 65 heavy (non-hydrogen) atoms. The summed E-state index contributed by atoms with van der Waals surface area (Å²) in [5.41, 5.74) is 17.1.